The molecule has 1 aromatic rings. The van der Waals surface area contributed by atoms with Crippen molar-refractivity contribution in [2.24, 2.45) is 5.92 Å². The van der Waals surface area contributed by atoms with E-state index in [1.807, 2.05) is 13.0 Å². The van der Waals surface area contributed by atoms with E-state index < -0.39 is 10.0 Å². The number of carbonyl (C=O) groups is 1. The standard InChI is InChI=1S/C17H26N2O3S2/c1-13-7-8-16(23-13)24(21,22)19-11-9-14(10-12-19)17(20)18-15-5-3-2-4-6-15/h7-8,14-15H,2-6,9-12H2,1H3,(H,18,20). The zero-order chi connectivity index (χ0) is 17.2. The van der Waals surface area contributed by atoms with Gasteiger partial charge in [0.25, 0.3) is 10.0 Å². The molecule has 0 bridgehead atoms. The molecule has 2 heterocycles. The van der Waals surface area contributed by atoms with Gasteiger partial charge in [-0.2, -0.15) is 4.31 Å². The average molecular weight is 371 g/mol. The first-order chi connectivity index (χ1) is 11.5. The molecule has 0 radical (unpaired) electrons. The quantitative estimate of drug-likeness (QED) is 0.886. The summed E-state index contributed by atoms with van der Waals surface area (Å²) in [5.74, 6) is 0.0642. The minimum atomic E-state index is -3.40. The number of amides is 1. The first kappa shape index (κ1) is 17.9. The molecule has 0 atom stereocenters. The second kappa shape index (κ2) is 7.54. The van der Waals surface area contributed by atoms with Crippen molar-refractivity contribution in [1.29, 1.82) is 0 Å². The number of carbonyl (C=O) groups excluding carboxylic acids is 1. The number of aryl methyl sites for hydroxylation is 1. The largest absolute Gasteiger partial charge is 0.353 e. The molecule has 2 aliphatic rings. The van der Waals surface area contributed by atoms with Crippen LogP contribution in [0.5, 0.6) is 0 Å². The van der Waals surface area contributed by atoms with Gasteiger partial charge in [0, 0.05) is 29.9 Å². The van der Waals surface area contributed by atoms with E-state index in [-0.39, 0.29) is 11.8 Å². The maximum absolute atomic E-state index is 12.6. The van der Waals surface area contributed by atoms with Crippen molar-refractivity contribution in [3.8, 4) is 0 Å². The molecule has 5 nitrogen and oxygen atoms in total. The van der Waals surface area contributed by atoms with Gasteiger partial charge in [0.2, 0.25) is 5.91 Å². The third kappa shape index (κ3) is 4.00. The van der Waals surface area contributed by atoms with E-state index in [1.54, 1.807) is 6.07 Å². The molecule has 1 aliphatic heterocycles. The monoisotopic (exact) mass is 370 g/mol. The number of rotatable bonds is 4. The fraction of sp³-hybridized carbons (Fsp3) is 0.706. The SMILES string of the molecule is Cc1ccc(S(=O)(=O)N2CCC(C(=O)NC3CCCCC3)CC2)s1. The Morgan fingerprint density at radius 2 is 1.79 bits per heavy atom. The van der Waals surface area contributed by atoms with Crippen molar-refractivity contribution < 1.29 is 13.2 Å². The highest BCUT2D eigenvalue weighted by Crippen LogP contribution is 2.28. The molecule has 1 saturated heterocycles. The Labute approximate surface area is 148 Å². The van der Waals surface area contributed by atoms with Crippen LogP contribution in [0, 0.1) is 12.8 Å². The van der Waals surface area contributed by atoms with Crippen molar-refractivity contribution in [3.05, 3.63) is 17.0 Å². The lowest BCUT2D eigenvalue weighted by Gasteiger charge is -2.31. The Balaban J connectivity index is 1.54. The first-order valence-electron chi connectivity index (χ1n) is 8.84. The van der Waals surface area contributed by atoms with Crippen LogP contribution >= 0.6 is 11.3 Å². The molecule has 0 unspecified atom stereocenters. The molecule has 2 fully saturated rings. The Morgan fingerprint density at radius 1 is 1.12 bits per heavy atom. The van der Waals surface area contributed by atoms with Gasteiger partial charge in [0.15, 0.2) is 0 Å². The van der Waals surface area contributed by atoms with E-state index in [9.17, 15) is 13.2 Å². The number of thiophene rings is 1. The topological polar surface area (TPSA) is 66.5 Å². The van der Waals surface area contributed by atoms with Crippen molar-refractivity contribution in [3.63, 3.8) is 0 Å². The van der Waals surface area contributed by atoms with E-state index in [0.29, 0.717) is 36.2 Å². The highest BCUT2D eigenvalue weighted by atomic mass is 32.2. The molecule has 134 valence electrons. The number of sulfonamides is 1. The zero-order valence-corrected chi connectivity index (χ0v) is 15.8. The second-order valence-corrected chi connectivity index (χ2v) is 10.3. The average Bonchev–Trinajstić information content (AvgIpc) is 3.03. The van der Waals surface area contributed by atoms with Gasteiger partial charge in [-0.1, -0.05) is 19.3 Å². The molecular formula is C17H26N2O3S2. The fourth-order valence-electron chi connectivity index (χ4n) is 3.60. The number of piperidine rings is 1. The number of hydrogen-bond acceptors (Lipinski definition) is 4. The molecule has 3 rings (SSSR count). The predicted octanol–water partition coefficient (Wildman–Crippen LogP) is 2.91. The van der Waals surface area contributed by atoms with Gasteiger partial charge in [-0.05, 0) is 44.7 Å². The van der Waals surface area contributed by atoms with E-state index in [2.05, 4.69) is 5.32 Å². The fourth-order valence-corrected chi connectivity index (χ4v) is 6.51. The number of nitrogens with one attached hydrogen (secondary N) is 1. The first-order valence-corrected chi connectivity index (χ1v) is 11.1. The van der Waals surface area contributed by atoms with Gasteiger partial charge in [-0.3, -0.25) is 4.79 Å². The highest BCUT2D eigenvalue weighted by molar-refractivity contribution is 7.91. The van der Waals surface area contributed by atoms with Crippen LogP contribution in [0.3, 0.4) is 0 Å². The third-order valence-electron chi connectivity index (χ3n) is 5.09. The Hall–Kier alpha value is -0.920. The zero-order valence-electron chi connectivity index (χ0n) is 14.2. The number of hydrogen-bond donors (Lipinski definition) is 1. The third-order valence-corrected chi connectivity index (χ3v) is 8.45. The van der Waals surface area contributed by atoms with Crippen LogP contribution in [-0.4, -0.2) is 37.8 Å². The minimum absolute atomic E-state index is 0.0524. The summed E-state index contributed by atoms with van der Waals surface area (Å²) in [6.45, 7) is 2.77. The Bertz CT molecular complexity index is 670. The van der Waals surface area contributed by atoms with Crippen LogP contribution in [0.1, 0.15) is 49.8 Å². The van der Waals surface area contributed by atoms with Gasteiger partial charge in [0.05, 0.1) is 0 Å². The van der Waals surface area contributed by atoms with Crippen molar-refractivity contribution in [2.45, 2.75) is 62.1 Å². The minimum Gasteiger partial charge on any atom is -0.353 e. The van der Waals surface area contributed by atoms with Crippen molar-refractivity contribution in [1.82, 2.24) is 9.62 Å². The Morgan fingerprint density at radius 3 is 2.38 bits per heavy atom. The summed E-state index contributed by atoms with van der Waals surface area (Å²) in [4.78, 5) is 13.4. The molecule has 24 heavy (non-hydrogen) atoms. The molecule has 1 aliphatic carbocycles. The molecule has 7 heteroatoms. The lowest BCUT2D eigenvalue weighted by Crippen LogP contribution is -2.45. The van der Waals surface area contributed by atoms with Crippen molar-refractivity contribution >= 4 is 27.3 Å². The van der Waals surface area contributed by atoms with Gasteiger partial charge in [-0.15, -0.1) is 11.3 Å². The second-order valence-electron chi connectivity index (χ2n) is 6.89. The smallest absolute Gasteiger partial charge is 0.252 e. The highest BCUT2D eigenvalue weighted by Gasteiger charge is 2.33. The van der Waals surface area contributed by atoms with Crippen LogP contribution in [0.25, 0.3) is 0 Å². The molecule has 1 saturated carbocycles. The summed E-state index contributed by atoms with van der Waals surface area (Å²) < 4.78 is 27.2. The lowest BCUT2D eigenvalue weighted by atomic mass is 9.93. The summed E-state index contributed by atoms with van der Waals surface area (Å²) in [6, 6.07) is 3.83. The van der Waals surface area contributed by atoms with E-state index >= 15 is 0 Å². The van der Waals surface area contributed by atoms with E-state index in [1.165, 1.54) is 34.9 Å². The lowest BCUT2D eigenvalue weighted by molar-refractivity contribution is -0.127. The summed E-state index contributed by atoms with van der Waals surface area (Å²) in [5.41, 5.74) is 0. The molecule has 1 amide bonds. The summed E-state index contributed by atoms with van der Waals surface area (Å²) >= 11 is 1.31. The summed E-state index contributed by atoms with van der Waals surface area (Å²) in [7, 11) is -3.40. The van der Waals surface area contributed by atoms with Gasteiger partial charge in [0.1, 0.15) is 4.21 Å². The molecular weight excluding hydrogens is 344 g/mol. The van der Waals surface area contributed by atoms with Gasteiger partial charge >= 0.3 is 0 Å². The summed E-state index contributed by atoms with van der Waals surface area (Å²) in [6.07, 6.45) is 7.05. The maximum Gasteiger partial charge on any atom is 0.252 e. The molecule has 1 aromatic heterocycles. The molecule has 1 N–H and O–H groups in total. The van der Waals surface area contributed by atoms with Gasteiger partial charge in [-0.25, -0.2) is 8.42 Å². The van der Waals surface area contributed by atoms with Crippen LogP contribution in [0.4, 0.5) is 0 Å². The van der Waals surface area contributed by atoms with Crippen LogP contribution in [-0.2, 0) is 14.8 Å². The van der Waals surface area contributed by atoms with Crippen LogP contribution < -0.4 is 5.32 Å². The van der Waals surface area contributed by atoms with E-state index in [4.69, 9.17) is 0 Å². The summed E-state index contributed by atoms with van der Waals surface area (Å²) in [5, 5.41) is 3.17. The van der Waals surface area contributed by atoms with Gasteiger partial charge < -0.3 is 5.32 Å². The van der Waals surface area contributed by atoms with Crippen LogP contribution in [0.2, 0.25) is 0 Å². The van der Waals surface area contributed by atoms with E-state index in [0.717, 1.165) is 17.7 Å². The Kier molecular flexibility index (Phi) is 5.62. The normalized spacial score (nSPS) is 21.7. The maximum atomic E-state index is 12.6. The van der Waals surface area contributed by atoms with Crippen LogP contribution in [0.15, 0.2) is 16.3 Å². The predicted molar refractivity (Wildman–Crippen MR) is 95.6 cm³/mol. The number of nitrogens with zero attached hydrogens (tertiary/aromatic N) is 1. The van der Waals surface area contributed by atoms with Crippen molar-refractivity contribution in [2.75, 3.05) is 13.1 Å². The molecule has 0 aromatic carbocycles. The molecule has 0 spiro atoms.